The molecular weight excluding hydrogens is 292 g/mol. The Morgan fingerprint density at radius 1 is 1.38 bits per heavy atom. The Hall–Kier alpha value is -1.63. The van der Waals surface area contributed by atoms with Crippen LogP contribution in [0.1, 0.15) is 31.9 Å². The van der Waals surface area contributed by atoms with Crippen molar-refractivity contribution >= 4 is 23.2 Å². The number of aromatic nitrogens is 1. The molecule has 0 bridgehead atoms. The molecule has 1 aromatic rings. The van der Waals surface area contributed by atoms with Crippen LogP contribution >= 0.6 is 11.3 Å². The number of hydrogen-bond acceptors (Lipinski definition) is 5. The maximum atomic E-state index is 12.1. The summed E-state index contributed by atoms with van der Waals surface area (Å²) in [6.45, 7) is 5.25. The second kappa shape index (κ2) is 8.61. The van der Waals surface area contributed by atoms with E-state index in [4.69, 9.17) is 0 Å². The summed E-state index contributed by atoms with van der Waals surface area (Å²) in [5.41, 5.74) is 0.926. The summed E-state index contributed by atoms with van der Waals surface area (Å²) >= 11 is 1.18. The van der Waals surface area contributed by atoms with Gasteiger partial charge in [0, 0.05) is 37.1 Å². The second-order valence-electron chi connectivity index (χ2n) is 4.70. The molecule has 7 heteroatoms. The van der Waals surface area contributed by atoms with Crippen molar-refractivity contribution in [1.82, 2.24) is 9.47 Å². The number of thiazole rings is 1. The minimum absolute atomic E-state index is 0.00216. The van der Waals surface area contributed by atoms with Crippen molar-refractivity contribution < 1.29 is 14.3 Å². The van der Waals surface area contributed by atoms with Crippen LogP contribution in [0.2, 0.25) is 0 Å². The molecule has 0 spiro atoms. The molecule has 0 N–H and O–H groups in total. The summed E-state index contributed by atoms with van der Waals surface area (Å²) in [4.78, 5) is 36.4. The number of rotatable bonds is 8. The van der Waals surface area contributed by atoms with Crippen LogP contribution in [-0.4, -0.2) is 41.5 Å². The fraction of sp³-hybridized carbons (Fsp3) is 0.643. The SMILES string of the molecule is CCN(CCC(=O)OC)C(=O)CCCn1c(C)csc1=O. The van der Waals surface area contributed by atoms with Gasteiger partial charge in [-0.2, -0.15) is 0 Å². The summed E-state index contributed by atoms with van der Waals surface area (Å²) in [5, 5.41) is 1.82. The lowest BCUT2D eigenvalue weighted by Gasteiger charge is -2.20. The number of amides is 1. The summed E-state index contributed by atoms with van der Waals surface area (Å²) < 4.78 is 6.25. The molecule has 0 fully saturated rings. The van der Waals surface area contributed by atoms with Crippen LogP contribution in [0, 0.1) is 6.92 Å². The van der Waals surface area contributed by atoms with E-state index in [1.807, 2.05) is 19.2 Å². The van der Waals surface area contributed by atoms with Gasteiger partial charge in [0.15, 0.2) is 0 Å². The normalized spacial score (nSPS) is 10.4. The molecule has 0 aliphatic rings. The number of ether oxygens (including phenoxy) is 1. The van der Waals surface area contributed by atoms with E-state index in [9.17, 15) is 14.4 Å². The number of carbonyl (C=O) groups is 2. The molecule has 6 nitrogen and oxygen atoms in total. The minimum atomic E-state index is -0.318. The lowest BCUT2D eigenvalue weighted by atomic mass is 10.2. The van der Waals surface area contributed by atoms with Gasteiger partial charge in [-0.05, 0) is 20.3 Å². The molecule has 21 heavy (non-hydrogen) atoms. The summed E-state index contributed by atoms with van der Waals surface area (Å²) in [6.07, 6.45) is 1.20. The predicted molar refractivity (Wildman–Crippen MR) is 81.4 cm³/mol. The maximum Gasteiger partial charge on any atom is 0.307 e. The third-order valence-electron chi connectivity index (χ3n) is 3.30. The molecule has 0 atom stereocenters. The van der Waals surface area contributed by atoms with E-state index >= 15 is 0 Å². The van der Waals surface area contributed by atoms with Crippen molar-refractivity contribution in [1.29, 1.82) is 0 Å². The van der Waals surface area contributed by atoms with Crippen LogP contribution in [0.5, 0.6) is 0 Å². The van der Waals surface area contributed by atoms with Gasteiger partial charge < -0.3 is 14.2 Å². The molecule has 118 valence electrons. The van der Waals surface area contributed by atoms with Crippen LogP contribution in [0.15, 0.2) is 10.2 Å². The van der Waals surface area contributed by atoms with Gasteiger partial charge in [-0.25, -0.2) is 0 Å². The molecule has 0 radical (unpaired) electrons. The lowest BCUT2D eigenvalue weighted by molar-refractivity contribution is -0.141. The van der Waals surface area contributed by atoms with E-state index in [2.05, 4.69) is 4.74 Å². The minimum Gasteiger partial charge on any atom is -0.469 e. The van der Waals surface area contributed by atoms with Gasteiger partial charge in [0.05, 0.1) is 13.5 Å². The summed E-state index contributed by atoms with van der Waals surface area (Å²) in [6, 6.07) is 0. The third-order valence-corrected chi connectivity index (χ3v) is 4.18. The Kier molecular flexibility index (Phi) is 7.14. The summed E-state index contributed by atoms with van der Waals surface area (Å²) in [5.74, 6) is -0.316. The highest BCUT2D eigenvalue weighted by Crippen LogP contribution is 2.05. The number of esters is 1. The molecule has 1 amide bonds. The van der Waals surface area contributed by atoms with Crippen LogP contribution in [-0.2, 0) is 20.9 Å². The zero-order valence-electron chi connectivity index (χ0n) is 12.8. The second-order valence-corrected chi connectivity index (χ2v) is 5.52. The van der Waals surface area contributed by atoms with E-state index < -0.39 is 0 Å². The Balaban J connectivity index is 2.41. The number of aryl methyl sites for hydroxylation is 1. The van der Waals surface area contributed by atoms with Crippen molar-refractivity contribution in [2.24, 2.45) is 0 Å². The quantitative estimate of drug-likeness (QED) is 0.680. The van der Waals surface area contributed by atoms with Crippen molar-refractivity contribution in [2.75, 3.05) is 20.2 Å². The highest BCUT2D eigenvalue weighted by molar-refractivity contribution is 7.07. The first-order valence-corrected chi connectivity index (χ1v) is 7.87. The Labute approximate surface area is 128 Å². The van der Waals surface area contributed by atoms with Gasteiger partial charge in [0.1, 0.15) is 0 Å². The summed E-state index contributed by atoms with van der Waals surface area (Å²) in [7, 11) is 1.33. The van der Waals surface area contributed by atoms with E-state index in [0.29, 0.717) is 32.5 Å². The van der Waals surface area contributed by atoms with Crippen molar-refractivity contribution in [3.8, 4) is 0 Å². The third kappa shape index (κ3) is 5.34. The Morgan fingerprint density at radius 2 is 2.10 bits per heavy atom. The molecule has 0 aliphatic carbocycles. The van der Waals surface area contributed by atoms with E-state index in [1.54, 1.807) is 9.47 Å². The van der Waals surface area contributed by atoms with Crippen molar-refractivity contribution in [3.63, 3.8) is 0 Å². The maximum absolute atomic E-state index is 12.1. The van der Waals surface area contributed by atoms with Crippen LogP contribution in [0.25, 0.3) is 0 Å². The molecular formula is C14H22N2O4S. The number of carbonyl (C=O) groups excluding carboxylic acids is 2. The zero-order valence-corrected chi connectivity index (χ0v) is 13.6. The van der Waals surface area contributed by atoms with E-state index in [-0.39, 0.29) is 23.2 Å². The first-order chi connectivity index (χ1) is 9.99. The number of nitrogens with zero attached hydrogens (tertiary/aromatic N) is 2. The van der Waals surface area contributed by atoms with Crippen LogP contribution in [0.4, 0.5) is 0 Å². The van der Waals surface area contributed by atoms with Gasteiger partial charge in [-0.15, -0.1) is 0 Å². The molecule has 0 saturated heterocycles. The standard InChI is InChI=1S/C14H22N2O4S/c1-4-15(9-7-13(18)20-3)12(17)6-5-8-16-11(2)10-21-14(16)19/h10H,4-9H2,1-3H3. The monoisotopic (exact) mass is 314 g/mol. The van der Waals surface area contributed by atoms with E-state index in [0.717, 1.165) is 5.69 Å². The Bertz CT molecular complexity index is 535. The molecule has 1 heterocycles. The molecule has 0 aromatic carbocycles. The smallest absolute Gasteiger partial charge is 0.307 e. The largest absolute Gasteiger partial charge is 0.469 e. The highest BCUT2D eigenvalue weighted by atomic mass is 32.1. The van der Waals surface area contributed by atoms with Crippen LogP contribution in [0.3, 0.4) is 0 Å². The highest BCUT2D eigenvalue weighted by Gasteiger charge is 2.13. The van der Waals surface area contributed by atoms with Gasteiger partial charge in [-0.1, -0.05) is 11.3 Å². The number of hydrogen-bond donors (Lipinski definition) is 0. The fourth-order valence-electron chi connectivity index (χ4n) is 2.01. The zero-order chi connectivity index (χ0) is 15.8. The van der Waals surface area contributed by atoms with Crippen molar-refractivity contribution in [2.45, 2.75) is 39.7 Å². The molecule has 1 aromatic heterocycles. The van der Waals surface area contributed by atoms with Gasteiger partial charge in [0.25, 0.3) is 0 Å². The van der Waals surface area contributed by atoms with E-state index in [1.165, 1.54) is 18.4 Å². The first-order valence-electron chi connectivity index (χ1n) is 6.99. The lowest BCUT2D eigenvalue weighted by Crippen LogP contribution is -2.33. The first kappa shape index (κ1) is 17.4. The fourth-order valence-corrected chi connectivity index (χ4v) is 2.77. The average Bonchev–Trinajstić information content (AvgIpc) is 2.79. The average molecular weight is 314 g/mol. The number of methoxy groups -OCH3 is 1. The molecule has 0 unspecified atom stereocenters. The van der Waals surface area contributed by atoms with Gasteiger partial charge in [-0.3, -0.25) is 14.4 Å². The van der Waals surface area contributed by atoms with Crippen LogP contribution < -0.4 is 4.87 Å². The molecule has 1 rings (SSSR count). The molecule has 0 saturated carbocycles. The van der Waals surface area contributed by atoms with Gasteiger partial charge >= 0.3 is 10.8 Å². The molecule has 0 aliphatic heterocycles. The topological polar surface area (TPSA) is 68.6 Å². The van der Waals surface area contributed by atoms with Crippen molar-refractivity contribution in [3.05, 3.63) is 20.7 Å². The Morgan fingerprint density at radius 3 is 2.62 bits per heavy atom. The predicted octanol–water partition coefficient (Wildman–Crippen LogP) is 1.41. The van der Waals surface area contributed by atoms with Gasteiger partial charge in [0.2, 0.25) is 5.91 Å².